The van der Waals surface area contributed by atoms with Gasteiger partial charge in [0.05, 0.1) is 16.6 Å². The SMILES string of the molecule is CCN(CC)CCCC(C)Nc1nc(-c2cc(-c3cccc(C(F)(F)F)c3)cc(C(F)(F)F)c2)nc2c(C)cccc12. The Bertz CT molecular complexity index is 1530. The Labute approximate surface area is 241 Å². The molecule has 4 nitrogen and oxygen atoms in total. The number of alkyl halides is 6. The second-order valence-corrected chi connectivity index (χ2v) is 10.5. The minimum atomic E-state index is -4.74. The zero-order valence-corrected chi connectivity index (χ0v) is 24.0. The van der Waals surface area contributed by atoms with Gasteiger partial charge in [0.25, 0.3) is 0 Å². The first kappa shape index (κ1) is 31.3. The molecule has 1 aromatic heterocycles. The molecule has 1 unspecified atom stereocenters. The second kappa shape index (κ2) is 12.7. The average Bonchev–Trinajstić information content (AvgIpc) is 2.94. The number of aryl methyl sites for hydroxylation is 1. The number of nitrogens with one attached hydrogen (secondary N) is 1. The van der Waals surface area contributed by atoms with E-state index in [2.05, 4.69) is 34.0 Å². The zero-order chi connectivity index (χ0) is 30.7. The molecule has 1 N–H and O–H groups in total. The van der Waals surface area contributed by atoms with Crippen molar-refractivity contribution in [2.45, 2.75) is 58.9 Å². The fraction of sp³-hybridized carbons (Fsp3) is 0.375. The minimum Gasteiger partial charge on any atom is -0.367 e. The number of rotatable bonds is 10. The predicted octanol–water partition coefficient (Wildman–Crippen LogP) is 9.23. The Morgan fingerprint density at radius 1 is 0.786 bits per heavy atom. The summed E-state index contributed by atoms with van der Waals surface area (Å²) >= 11 is 0. The van der Waals surface area contributed by atoms with E-state index in [9.17, 15) is 26.3 Å². The summed E-state index contributed by atoms with van der Waals surface area (Å²) in [6.07, 6.45) is -7.56. The maximum absolute atomic E-state index is 14.0. The number of benzene rings is 3. The van der Waals surface area contributed by atoms with Crippen LogP contribution in [0, 0.1) is 6.92 Å². The molecule has 10 heteroatoms. The van der Waals surface area contributed by atoms with E-state index < -0.39 is 23.5 Å². The fourth-order valence-electron chi connectivity index (χ4n) is 4.96. The predicted molar refractivity (Wildman–Crippen MR) is 155 cm³/mol. The van der Waals surface area contributed by atoms with Gasteiger partial charge in [0, 0.05) is 17.0 Å². The Morgan fingerprint density at radius 3 is 2.10 bits per heavy atom. The van der Waals surface area contributed by atoms with Crippen LogP contribution >= 0.6 is 0 Å². The van der Waals surface area contributed by atoms with Crippen molar-refractivity contribution in [2.75, 3.05) is 25.0 Å². The Kier molecular flexibility index (Phi) is 9.45. The van der Waals surface area contributed by atoms with Gasteiger partial charge in [-0.2, -0.15) is 26.3 Å². The summed E-state index contributed by atoms with van der Waals surface area (Å²) in [5, 5.41) is 4.17. The van der Waals surface area contributed by atoms with Gasteiger partial charge >= 0.3 is 12.4 Å². The fourth-order valence-corrected chi connectivity index (χ4v) is 4.96. The van der Waals surface area contributed by atoms with E-state index in [1.54, 1.807) is 0 Å². The number of hydrogen-bond donors (Lipinski definition) is 1. The first-order valence-electron chi connectivity index (χ1n) is 14.0. The van der Waals surface area contributed by atoms with Gasteiger partial charge in [-0.15, -0.1) is 0 Å². The molecule has 0 saturated carbocycles. The summed E-state index contributed by atoms with van der Waals surface area (Å²) in [4.78, 5) is 11.6. The van der Waals surface area contributed by atoms with E-state index in [-0.39, 0.29) is 28.6 Å². The van der Waals surface area contributed by atoms with Gasteiger partial charge in [-0.1, -0.05) is 38.1 Å². The second-order valence-electron chi connectivity index (χ2n) is 10.5. The van der Waals surface area contributed by atoms with Crippen LogP contribution in [0.15, 0.2) is 60.7 Å². The average molecular weight is 589 g/mol. The summed E-state index contributed by atoms with van der Waals surface area (Å²) in [7, 11) is 0. The lowest BCUT2D eigenvalue weighted by atomic mass is 9.97. The first-order chi connectivity index (χ1) is 19.8. The zero-order valence-electron chi connectivity index (χ0n) is 24.0. The Hall–Kier alpha value is -3.66. The van der Waals surface area contributed by atoms with Gasteiger partial charge in [0.15, 0.2) is 5.82 Å². The van der Waals surface area contributed by atoms with Crippen LogP contribution in [-0.2, 0) is 12.4 Å². The largest absolute Gasteiger partial charge is 0.416 e. The normalized spacial score (nSPS) is 13.1. The molecule has 1 atom stereocenters. The van der Waals surface area contributed by atoms with Crippen molar-refractivity contribution in [1.29, 1.82) is 0 Å². The summed E-state index contributed by atoms with van der Waals surface area (Å²) in [5.41, 5.74) is -0.498. The van der Waals surface area contributed by atoms with Crippen LogP contribution in [0.3, 0.4) is 0 Å². The van der Waals surface area contributed by atoms with Gasteiger partial charge in [-0.05, 0) is 99.4 Å². The lowest BCUT2D eigenvalue weighted by molar-refractivity contribution is -0.138. The standard InChI is InChI=1S/C32H34F6N4/c1-5-42(6-2)15-9-11-21(4)39-30-27-14-7-10-20(3)28(27)40-29(41-30)24-16-23(18-26(19-24)32(36,37)38)22-12-8-13-25(17-22)31(33,34)35/h7-8,10,12-14,16-19,21H,5-6,9,11,15H2,1-4H3,(H,39,40,41). The van der Waals surface area contributed by atoms with Crippen LogP contribution in [0.4, 0.5) is 32.2 Å². The third-order valence-corrected chi connectivity index (χ3v) is 7.36. The summed E-state index contributed by atoms with van der Waals surface area (Å²) in [6.45, 7) is 11.0. The van der Waals surface area contributed by atoms with Gasteiger partial charge < -0.3 is 10.2 Å². The molecule has 4 aromatic rings. The van der Waals surface area contributed by atoms with Crippen molar-refractivity contribution >= 4 is 16.7 Å². The summed E-state index contributed by atoms with van der Waals surface area (Å²) in [5.74, 6) is 0.543. The maximum Gasteiger partial charge on any atom is 0.416 e. The molecule has 1 heterocycles. The lowest BCUT2D eigenvalue weighted by Gasteiger charge is -2.21. The third kappa shape index (κ3) is 7.40. The van der Waals surface area contributed by atoms with E-state index in [0.29, 0.717) is 11.3 Å². The molecule has 3 aromatic carbocycles. The van der Waals surface area contributed by atoms with Crippen LogP contribution < -0.4 is 5.32 Å². The van der Waals surface area contributed by atoms with Crippen molar-refractivity contribution in [1.82, 2.24) is 14.9 Å². The van der Waals surface area contributed by atoms with Gasteiger partial charge in [-0.25, -0.2) is 9.97 Å². The highest BCUT2D eigenvalue weighted by Crippen LogP contribution is 2.38. The van der Waals surface area contributed by atoms with Crippen molar-refractivity contribution in [3.05, 3.63) is 77.4 Å². The van der Waals surface area contributed by atoms with Gasteiger partial charge in [0.2, 0.25) is 0 Å². The molecule has 0 aliphatic carbocycles. The molecule has 0 bridgehead atoms. The maximum atomic E-state index is 14.0. The molecule has 0 spiro atoms. The van der Waals surface area contributed by atoms with Crippen LogP contribution in [0.25, 0.3) is 33.4 Å². The lowest BCUT2D eigenvalue weighted by Crippen LogP contribution is -2.25. The van der Waals surface area contributed by atoms with Crippen LogP contribution in [0.5, 0.6) is 0 Å². The molecule has 224 valence electrons. The number of nitrogens with zero attached hydrogens (tertiary/aromatic N) is 3. The molecule has 42 heavy (non-hydrogen) atoms. The molecule has 0 aliphatic heterocycles. The number of para-hydroxylation sites is 1. The van der Waals surface area contributed by atoms with E-state index >= 15 is 0 Å². The Morgan fingerprint density at radius 2 is 1.43 bits per heavy atom. The molecule has 0 aliphatic rings. The molecule has 0 amide bonds. The molecule has 0 saturated heterocycles. The molecule has 0 fully saturated rings. The molecular formula is C32H34F6N4. The van der Waals surface area contributed by atoms with Crippen molar-refractivity contribution < 1.29 is 26.3 Å². The monoisotopic (exact) mass is 588 g/mol. The molecular weight excluding hydrogens is 554 g/mol. The summed E-state index contributed by atoms with van der Waals surface area (Å²) < 4.78 is 82.1. The highest BCUT2D eigenvalue weighted by molar-refractivity contribution is 5.93. The summed E-state index contributed by atoms with van der Waals surface area (Å²) in [6, 6.07) is 13.1. The first-order valence-corrected chi connectivity index (χ1v) is 14.0. The molecule has 0 radical (unpaired) electrons. The quantitative estimate of drug-likeness (QED) is 0.188. The number of aromatic nitrogens is 2. The topological polar surface area (TPSA) is 41.0 Å². The number of hydrogen-bond acceptors (Lipinski definition) is 4. The molecule has 4 rings (SSSR count). The smallest absolute Gasteiger partial charge is 0.367 e. The van der Waals surface area contributed by atoms with E-state index in [1.165, 1.54) is 18.2 Å². The third-order valence-electron chi connectivity index (χ3n) is 7.36. The minimum absolute atomic E-state index is 0.00863. The van der Waals surface area contributed by atoms with Crippen molar-refractivity contribution in [2.24, 2.45) is 0 Å². The van der Waals surface area contributed by atoms with Crippen molar-refractivity contribution in [3.63, 3.8) is 0 Å². The van der Waals surface area contributed by atoms with E-state index in [4.69, 9.17) is 0 Å². The van der Waals surface area contributed by atoms with Crippen molar-refractivity contribution in [3.8, 4) is 22.5 Å². The highest BCUT2D eigenvalue weighted by atomic mass is 19.4. The number of fused-ring (bicyclic) bond motifs is 1. The van der Waals surface area contributed by atoms with Crippen LogP contribution in [0.1, 0.15) is 50.3 Å². The Balaban J connectivity index is 1.79. The van der Waals surface area contributed by atoms with E-state index in [0.717, 1.165) is 67.7 Å². The van der Waals surface area contributed by atoms with Gasteiger partial charge in [-0.3, -0.25) is 0 Å². The number of anilines is 1. The van der Waals surface area contributed by atoms with Crippen LogP contribution in [0.2, 0.25) is 0 Å². The van der Waals surface area contributed by atoms with E-state index in [1.807, 2.05) is 32.0 Å². The highest BCUT2D eigenvalue weighted by Gasteiger charge is 2.33. The van der Waals surface area contributed by atoms with Gasteiger partial charge in [0.1, 0.15) is 5.82 Å². The number of halogens is 6. The van der Waals surface area contributed by atoms with Crippen LogP contribution in [-0.4, -0.2) is 40.5 Å².